The van der Waals surface area contributed by atoms with E-state index < -0.39 is 21.3 Å². The van der Waals surface area contributed by atoms with Crippen LogP contribution in [0.15, 0.2) is 29.2 Å². The van der Waals surface area contributed by atoms with Gasteiger partial charge in [-0.2, -0.15) is 5.26 Å². The summed E-state index contributed by atoms with van der Waals surface area (Å²) in [6.07, 6.45) is 1.12. The number of hydrogen-bond acceptors (Lipinski definition) is 5. The second-order valence-corrected chi connectivity index (χ2v) is 7.57. The summed E-state index contributed by atoms with van der Waals surface area (Å²) in [4.78, 5) is 12.0. The van der Waals surface area contributed by atoms with Gasteiger partial charge in [0.1, 0.15) is 11.3 Å². The molecule has 0 saturated carbocycles. The van der Waals surface area contributed by atoms with Crippen LogP contribution in [0.2, 0.25) is 0 Å². The van der Waals surface area contributed by atoms with Gasteiger partial charge in [0, 0.05) is 6.26 Å². The van der Waals surface area contributed by atoms with E-state index in [4.69, 9.17) is 10.00 Å². The smallest absolute Gasteiger partial charge is 0.259 e. The van der Waals surface area contributed by atoms with Crippen LogP contribution >= 0.6 is 0 Å². The van der Waals surface area contributed by atoms with Crippen molar-refractivity contribution in [3.05, 3.63) is 24.3 Å². The quantitative estimate of drug-likeness (QED) is 0.856. The van der Waals surface area contributed by atoms with Gasteiger partial charge in [0.25, 0.3) is 5.91 Å². The molecule has 0 bridgehead atoms. The van der Waals surface area contributed by atoms with Crippen molar-refractivity contribution in [2.24, 2.45) is 5.92 Å². The van der Waals surface area contributed by atoms with Gasteiger partial charge in [-0.15, -0.1) is 0 Å². The molecule has 6 nitrogen and oxygen atoms in total. The lowest BCUT2D eigenvalue weighted by Gasteiger charge is -2.27. The first-order valence-corrected chi connectivity index (χ1v) is 8.63. The number of hydrogen-bond donors (Lipinski definition) is 1. The first-order chi connectivity index (χ1) is 10.1. The number of benzene rings is 1. The normalized spacial score (nSPS) is 14.0. The second-order valence-electron chi connectivity index (χ2n) is 5.55. The van der Waals surface area contributed by atoms with Crippen LogP contribution in [0.5, 0.6) is 5.75 Å². The number of nitrogens with zero attached hydrogens (tertiary/aromatic N) is 1. The topological polar surface area (TPSA) is 96.3 Å². The molecule has 0 aromatic heterocycles. The molecule has 1 atom stereocenters. The summed E-state index contributed by atoms with van der Waals surface area (Å²) in [5.74, 6) is -0.0776. The third-order valence-electron chi connectivity index (χ3n) is 3.41. The predicted octanol–water partition coefficient (Wildman–Crippen LogP) is 1.52. The Hall–Kier alpha value is -2.07. The number of rotatable bonds is 6. The van der Waals surface area contributed by atoms with Gasteiger partial charge in [0.05, 0.1) is 11.0 Å². The van der Waals surface area contributed by atoms with Crippen molar-refractivity contribution >= 4 is 15.7 Å². The zero-order valence-corrected chi connectivity index (χ0v) is 13.9. The Morgan fingerprint density at radius 3 is 2.32 bits per heavy atom. The van der Waals surface area contributed by atoms with Gasteiger partial charge in [-0.3, -0.25) is 4.79 Å². The number of nitriles is 1. The van der Waals surface area contributed by atoms with Gasteiger partial charge < -0.3 is 10.1 Å². The van der Waals surface area contributed by atoms with E-state index in [0.29, 0.717) is 5.75 Å². The van der Waals surface area contributed by atoms with E-state index in [1.807, 2.05) is 13.8 Å². The molecule has 120 valence electrons. The minimum absolute atomic E-state index is 0.0458. The van der Waals surface area contributed by atoms with E-state index in [1.54, 1.807) is 6.92 Å². The summed E-state index contributed by atoms with van der Waals surface area (Å²) < 4.78 is 27.9. The fourth-order valence-corrected chi connectivity index (χ4v) is 2.19. The molecule has 0 radical (unpaired) electrons. The van der Waals surface area contributed by atoms with E-state index in [2.05, 4.69) is 11.4 Å². The summed E-state index contributed by atoms with van der Waals surface area (Å²) in [6, 6.07) is 7.87. The molecule has 0 aliphatic heterocycles. The van der Waals surface area contributed by atoms with Crippen LogP contribution in [-0.4, -0.2) is 32.7 Å². The molecule has 1 aromatic rings. The van der Waals surface area contributed by atoms with Gasteiger partial charge in [0.2, 0.25) is 0 Å². The molecule has 0 spiro atoms. The molecule has 0 fully saturated rings. The highest BCUT2D eigenvalue weighted by Crippen LogP contribution is 2.17. The zero-order valence-electron chi connectivity index (χ0n) is 13.1. The molecule has 0 aliphatic rings. The fourth-order valence-electron chi connectivity index (χ4n) is 1.56. The molecule has 22 heavy (non-hydrogen) atoms. The Kier molecular flexibility index (Phi) is 5.55. The molecule has 1 aromatic carbocycles. The van der Waals surface area contributed by atoms with Crippen molar-refractivity contribution < 1.29 is 17.9 Å². The minimum atomic E-state index is -3.26. The lowest BCUT2D eigenvalue weighted by Crippen LogP contribution is -2.50. The molecule has 1 rings (SSSR count). The molecule has 1 unspecified atom stereocenters. The first kappa shape index (κ1) is 18.0. The predicted molar refractivity (Wildman–Crippen MR) is 82.0 cm³/mol. The van der Waals surface area contributed by atoms with Crippen molar-refractivity contribution in [1.29, 1.82) is 5.26 Å². The average Bonchev–Trinajstić information content (AvgIpc) is 2.44. The summed E-state index contributed by atoms with van der Waals surface area (Å²) >= 11 is 0. The van der Waals surface area contributed by atoms with Crippen molar-refractivity contribution in [2.75, 3.05) is 12.9 Å². The Bertz CT molecular complexity index is 674. The zero-order chi connectivity index (χ0) is 17.0. The van der Waals surface area contributed by atoms with E-state index in [-0.39, 0.29) is 17.4 Å². The highest BCUT2D eigenvalue weighted by molar-refractivity contribution is 7.90. The number of nitrogens with one attached hydrogen (secondary N) is 1. The van der Waals surface area contributed by atoms with Crippen LogP contribution in [-0.2, 0) is 14.6 Å². The lowest BCUT2D eigenvalue weighted by molar-refractivity contribution is -0.124. The molecular weight excluding hydrogens is 304 g/mol. The first-order valence-electron chi connectivity index (χ1n) is 6.73. The highest BCUT2D eigenvalue weighted by atomic mass is 32.2. The van der Waals surface area contributed by atoms with Crippen LogP contribution < -0.4 is 10.1 Å². The second kappa shape index (κ2) is 6.79. The van der Waals surface area contributed by atoms with Crippen LogP contribution in [0, 0.1) is 17.2 Å². The van der Waals surface area contributed by atoms with Gasteiger partial charge >= 0.3 is 0 Å². The molecule has 1 N–H and O–H groups in total. The molecule has 7 heteroatoms. The number of ether oxygens (including phenoxy) is 1. The lowest BCUT2D eigenvalue weighted by atomic mass is 9.90. The highest BCUT2D eigenvalue weighted by Gasteiger charge is 2.29. The van der Waals surface area contributed by atoms with Crippen LogP contribution in [0.4, 0.5) is 0 Å². The van der Waals surface area contributed by atoms with E-state index >= 15 is 0 Å². The van der Waals surface area contributed by atoms with Gasteiger partial charge in [-0.05, 0) is 37.1 Å². The number of amides is 1. The largest absolute Gasteiger partial charge is 0.484 e. The van der Waals surface area contributed by atoms with Gasteiger partial charge in [-0.1, -0.05) is 13.8 Å². The minimum Gasteiger partial charge on any atom is -0.484 e. The molecule has 0 heterocycles. The standard InChI is InChI=1S/C15H20N2O4S/c1-11(2)15(3,10-16)17-14(18)9-21-12-5-7-13(8-6-12)22(4,19)20/h5-8,11H,9H2,1-4H3,(H,17,18). The van der Waals surface area contributed by atoms with Crippen molar-refractivity contribution in [2.45, 2.75) is 31.2 Å². The Balaban J connectivity index is 2.64. The Morgan fingerprint density at radius 1 is 1.36 bits per heavy atom. The summed E-state index contributed by atoms with van der Waals surface area (Å²) in [6.45, 7) is 5.08. The van der Waals surface area contributed by atoms with Crippen molar-refractivity contribution in [3.8, 4) is 11.8 Å². The summed E-state index contributed by atoms with van der Waals surface area (Å²) in [5.41, 5.74) is -0.958. The van der Waals surface area contributed by atoms with Crippen LogP contribution in [0.1, 0.15) is 20.8 Å². The van der Waals surface area contributed by atoms with E-state index in [1.165, 1.54) is 24.3 Å². The van der Waals surface area contributed by atoms with Crippen LogP contribution in [0.25, 0.3) is 0 Å². The van der Waals surface area contributed by atoms with Gasteiger partial charge in [0.15, 0.2) is 16.4 Å². The van der Waals surface area contributed by atoms with Gasteiger partial charge in [-0.25, -0.2) is 8.42 Å². The maximum absolute atomic E-state index is 11.8. The summed E-state index contributed by atoms with van der Waals surface area (Å²) in [5, 5.41) is 11.8. The van der Waals surface area contributed by atoms with E-state index in [9.17, 15) is 13.2 Å². The van der Waals surface area contributed by atoms with Crippen molar-refractivity contribution in [3.63, 3.8) is 0 Å². The average molecular weight is 324 g/mol. The SMILES string of the molecule is CC(C)C(C)(C#N)NC(=O)COc1ccc(S(C)(=O)=O)cc1. The molecule has 1 amide bonds. The van der Waals surface area contributed by atoms with Crippen molar-refractivity contribution in [1.82, 2.24) is 5.32 Å². The number of carbonyl (C=O) groups is 1. The molecule has 0 aliphatic carbocycles. The monoisotopic (exact) mass is 324 g/mol. The van der Waals surface area contributed by atoms with Crippen LogP contribution in [0.3, 0.4) is 0 Å². The summed E-state index contributed by atoms with van der Waals surface area (Å²) in [7, 11) is -3.26. The maximum Gasteiger partial charge on any atom is 0.259 e. The maximum atomic E-state index is 11.8. The third-order valence-corrected chi connectivity index (χ3v) is 4.54. The number of carbonyl (C=O) groups excluding carboxylic acids is 1. The Morgan fingerprint density at radius 2 is 1.91 bits per heavy atom. The number of sulfone groups is 1. The fraction of sp³-hybridized carbons (Fsp3) is 0.467. The molecular formula is C15H20N2O4S. The molecule has 0 saturated heterocycles. The van der Waals surface area contributed by atoms with E-state index in [0.717, 1.165) is 6.26 Å². The third kappa shape index (κ3) is 4.74. The Labute approximate surface area is 131 Å².